The second kappa shape index (κ2) is 11.0. The highest BCUT2D eigenvalue weighted by atomic mass is 32.2. The molecular weight excluding hydrogens is 576 g/mol. The fraction of sp³-hybridized carbons (Fsp3) is 0.429. The van der Waals surface area contributed by atoms with Crippen LogP contribution in [0, 0.1) is 17.8 Å². The molecule has 1 aliphatic heterocycles. The Kier molecular flexibility index (Phi) is 7.28. The van der Waals surface area contributed by atoms with Crippen molar-refractivity contribution in [2.75, 3.05) is 25.7 Å². The van der Waals surface area contributed by atoms with Gasteiger partial charge in [0.1, 0.15) is 18.3 Å². The predicted octanol–water partition coefficient (Wildman–Crippen LogP) is 5.48. The van der Waals surface area contributed by atoms with Crippen molar-refractivity contribution in [1.29, 1.82) is 0 Å². The number of sulfonamides is 1. The van der Waals surface area contributed by atoms with Crippen molar-refractivity contribution in [3.8, 4) is 5.75 Å². The first-order valence-corrected chi connectivity index (χ1v) is 16.9. The average Bonchev–Trinajstić information content (AvgIpc) is 3.03. The second-order valence-electron chi connectivity index (χ2n) is 13.1. The number of anilines is 1. The average molecular weight is 615 g/mol. The summed E-state index contributed by atoms with van der Waals surface area (Å²) in [5, 5.41) is 0. The normalized spacial score (nSPS) is 29.0. The molecule has 2 unspecified atom stereocenters. The van der Waals surface area contributed by atoms with Crippen LogP contribution in [-0.2, 0) is 29.8 Å². The van der Waals surface area contributed by atoms with Gasteiger partial charge in [-0.15, -0.1) is 0 Å². The molecular formula is C35H38N2O6S. The predicted molar refractivity (Wildman–Crippen MR) is 166 cm³/mol. The standard InChI is InChI=1S/C35H38N2O6S/c1-42-29-14-8-26(9-15-29)32-33(36(22-31(38)43-2)44(40,41)30-6-4-3-5-7-30)34(39)37(32)28-12-10-27(11-13-28)35-19-23-16-24(20-35)18-25(17-23)21-35/h3-15,23-25,32-33H,16-22H2,1-2H3. The molecule has 230 valence electrons. The number of carbonyl (C=O) groups excluding carboxylic acids is 2. The Bertz CT molecular complexity index is 1620. The second-order valence-corrected chi connectivity index (χ2v) is 14.9. The molecule has 0 N–H and O–H groups in total. The molecule has 1 saturated heterocycles. The smallest absolute Gasteiger partial charge is 0.321 e. The summed E-state index contributed by atoms with van der Waals surface area (Å²) >= 11 is 0. The van der Waals surface area contributed by atoms with Crippen LogP contribution in [0.2, 0.25) is 0 Å². The monoisotopic (exact) mass is 614 g/mol. The van der Waals surface area contributed by atoms with Crippen LogP contribution < -0.4 is 9.64 Å². The SMILES string of the molecule is COC(=O)CN(C1C(=O)N(c2ccc(C34CC5CC(CC(C5)C3)C4)cc2)C1c1ccc(OC)cc1)S(=O)(=O)c1ccccc1. The van der Waals surface area contributed by atoms with Crippen LogP contribution in [0.1, 0.15) is 55.7 Å². The van der Waals surface area contributed by atoms with Gasteiger partial charge < -0.3 is 14.4 Å². The lowest BCUT2D eigenvalue weighted by Crippen LogP contribution is -2.67. The van der Waals surface area contributed by atoms with Crippen LogP contribution in [0.15, 0.2) is 83.8 Å². The van der Waals surface area contributed by atoms with Crippen LogP contribution in [0.3, 0.4) is 0 Å². The van der Waals surface area contributed by atoms with Crippen LogP contribution in [-0.4, -0.2) is 51.4 Å². The Hall–Kier alpha value is -3.69. The van der Waals surface area contributed by atoms with Gasteiger partial charge in [0.15, 0.2) is 0 Å². The summed E-state index contributed by atoms with van der Waals surface area (Å²) in [6, 6.07) is 21.7. The number of nitrogens with zero attached hydrogens (tertiary/aromatic N) is 2. The molecule has 8 nitrogen and oxygen atoms in total. The third-order valence-corrected chi connectivity index (χ3v) is 12.3. The van der Waals surface area contributed by atoms with Crippen molar-refractivity contribution in [2.45, 2.75) is 60.9 Å². The number of rotatable bonds is 9. The maximum absolute atomic E-state index is 14.1. The van der Waals surface area contributed by atoms with E-state index in [4.69, 9.17) is 9.47 Å². The summed E-state index contributed by atoms with van der Waals surface area (Å²) in [7, 11) is -1.45. The van der Waals surface area contributed by atoms with Gasteiger partial charge in [-0.25, -0.2) is 8.42 Å². The Morgan fingerprint density at radius 3 is 2.00 bits per heavy atom. The Morgan fingerprint density at radius 1 is 0.864 bits per heavy atom. The first kappa shape index (κ1) is 29.0. The molecule has 0 radical (unpaired) electrons. The number of hydrogen-bond donors (Lipinski definition) is 0. The maximum Gasteiger partial charge on any atom is 0.321 e. The summed E-state index contributed by atoms with van der Waals surface area (Å²) in [6.45, 7) is -0.588. The summed E-state index contributed by atoms with van der Waals surface area (Å²) in [4.78, 5) is 28.3. The molecule has 4 bridgehead atoms. The van der Waals surface area contributed by atoms with Gasteiger partial charge in [0.05, 0.1) is 25.2 Å². The number of carbonyl (C=O) groups is 2. The topological polar surface area (TPSA) is 93.2 Å². The van der Waals surface area contributed by atoms with Crippen LogP contribution in [0.5, 0.6) is 5.75 Å². The van der Waals surface area contributed by atoms with Gasteiger partial charge in [0.2, 0.25) is 15.9 Å². The molecule has 3 aromatic carbocycles. The number of methoxy groups -OCH3 is 2. The molecule has 5 aliphatic rings. The largest absolute Gasteiger partial charge is 0.497 e. The van der Waals surface area contributed by atoms with E-state index >= 15 is 0 Å². The highest BCUT2D eigenvalue weighted by molar-refractivity contribution is 7.89. The van der Waals surface area contributed by atoms with E-state index in [0.717, 1.165) is 27.6 Å². The number of amides is 1. The van der Waals surface area contributed by atoms with Gasteiger partial charge >= 0.3 is 5.97 Å². The van der Waals surface area contributed by atoms with Crippen molar-refractivity contribution in [1.82, 2.24) is 4.31 Å². The van der Waals surface area contributed by atoms with E-state index in [1.807, 2.05) is 24.3 Å². The van der Waals surface area contributed by atoms with Gasteiger partial charge in [-0.3, -0.25) is 9.59 Å². The summed E-state index contributed by atoms with van der Waals surface area (Å²) in [5.41, 5.74) is 3.02. The molecule has 9 heteroatoms. The van der Waals surface area contributed by atoms with Gasteiger partial charge in [0.25, 0.3) is 0 Å². The molecule has 8 rings (SSSR count). The van der Waals surface area contributed by atoms with Crippen molar-refractivity contribution >= 4 is 27.6 Å². The number of benzene rings is 3. The third-order valence-electron chi connectivity index (χ3n) is 10.5. The zero-order valence-corrected chi connectivity index (χ0v) is 25.9. The molecule has 2 atom stereocenters. The zero-order valence-electron chi connectivity index (χ0n) is 25.1. The van der Waals surface area contributed by atoms with Gasteiger partial charge in [-0.2, -0.15) is 4.31 Å². The Labute approximate surface area is 259 Å². The van der Waals surface area contributed by atoms with E-state index < -0.39 is 40.5 Å². The fourth-order valence-corrected chi connectivity index (χ4v) is 10.4. The molecule has 1 heterocycles. The van der Waals surface area contributed by atoms with E-state index in [0.29, 0.717) is 11.4 Å². The minimum atomic E-state index is -4.23. The molecule has 5 fully saturated rings. The van der Waals surface area contributed by atoms with Gasteiger partial charge in [-0.1, -0.05) is 42.5 Å². The highest BCUT2D eigenvalue weighted by Crippen LogP contribution is 2.61. The zero-order chi connectivity index (χ0) is 30.6. The van der Waals surface area contributed by atoms with E-state index in [2.05, 4.69) is 12.1 Å². The number of ether oxygens (including phenoxy) is 2. The van der Waals surface area contributed by atoms with E-state index in [9.17, 15) is 18.0 Å². The van der Waals surface area contributed by atoms with Crippen LogP contribution in [0.4, 0.5) is 5.69 Å². The van der Waals surface area contributed by atoms with Crippen molar-refractivity contribution in [2.24, 2.45) is 17.8 Å². The van der Waals surface area contributed by atoms with E-state index in [-0.39, 0.29) is 10.3 Å². The first-order valence-electron chi connectivity index (χ1n) is 15.4. The third kappa shape index (κ3) is 4.81. The Balaban J connectivity index is 1.25. The summed E-state index contributed by atoms with van der Waals surface area (Å²) in [6.07, 6.45) is 7.86. The summed E-state index contributed by atoms with van der Waals surface area (Å²) in [5.74, 6) is 1.98. The van der Waals surface area contributed by atoms with E-state index in [1.54, 1.807) is 42.3 Å². The maximum atomic E-state index is 14.1. The van der Waals surface area contributed by atoms with Crippen molar-refractivity contribution < 1.29 is 27.5 Å². The molecule has 44 heavy (non-hydrogen) atoms. The fourth-order valence-electron chi connectivity index (χ4n) is 8.87. The number of esters is 1. The molecule has 4 aliphatic carbocycles. The minimum Gasteiger partial charge on any atom is -0.497 e. The molecule has 3 aromatic rings. The quantitative estimate of drug-likeness (QED) is 0.234. The molecule has 1 amide bonds. The lowest BCUT2D eigenvalue weighted by molar-refractivity contribution is -0.142. The van der Waals surface area contributed by atoms with Gasteiger partial charge in [0, 0.05) is 5.69 Å². The lowest BCUT2D eigenvalue weighted by atomic mass is 9.48. The Morgan fingerprint density at radius 2 is 1.45 bits per heavy atom. The lowest BCUT2D eigenvalue weighted by Gasteiger charge is -2.57. The van der Waals surface area contributed by atoms with Crippen LogP contribution >= 0.6 is 0 Å². The molecule has 0 aromatic heterocycles. The molecule has 0 spiro atoms. The summed E-state index contributed by atoms with van der Waals surface area (Å²) < 4.78 is 39.1. The number of hydrogen-bond acceptors (Lipinski definition) is 6. The minimum absolute atomic E-state index is 0.00330. The van der Waals surface area contributed by atoms with Crippen molar-refractivity contribution in [3.05, 3.63) is 90.0 Å². The van der Waals surface area contributed by atoms with E-state index in [1.165, 1.54) is 63.3 Å². The highest BCUT2D eigenvalue weighted by Gasteiger charge is 2.56. The first-order chi connectivity index (χ1) is 21.2. The van der Waals surface area contributed by atoms with Crippen molar-refractivity contribution in [3.63, 3.8) is 0 Å². The van der Waals surface area contributed by atoms with Crippen LogP contribution in [0.25, 0.3) is 0 Å². The van der Waals surface area contributed by atoms with Gasteiger partial charge in [-0.05, 0) is 109 Å². The number of β-lactam (4-membered cyclic amide) rings is 1. The molecule has 4 saturated carbocycles.